The average Bonchev–Trinajstić information content (AvgIpc) is 2.39. The van der Waals surface area contributed by atoms with E-state index in [0.29, 0.717) is 0 Å². The standard InChI is InChI=1S/C12H17N3O2S/c1-18-11-7-10(13-8-14-11)15-5-3-2-4-9(15)6-12(16)17/h7-9H,2-6H2,1H3,(H,16,17). The van der Waals surface area contributed by atoms with Gasteiger partial charge in [-0.25, -0.2) is 9.97 Å². The maximum Gasteiger partial charge on any atom is 0.305 e. The van der Waals surface area contributed by atoms with E-state index in [1.54, 1.807) is 18.1 Å². The van der Waals surface area contributed by atoms with Crippen molar-refractivity contribution in [3.05, 3.63) is 12.4 Å². The van der Waals surface area contributed by atoms with Crippen LogP contribution < -0.4 is 4.90 Å². The normalized spacial score (nSPS) is 19.8. The van der Waals surface area contributed by atoms with Crippen LogP contribution in [0.25, 0.3) is 0 Å². The molecule has 1 aliphatic rings. The fourth-order valence-corrected chi connectivity index (χ4v) is 2.69. The van der Waals surface area contributed by atoms with Crippen LogP contribution in [-0.2, 0) is 4.79 Å². The number of hydrogen-bond donors (Lipinski definition) is 1. The summed E-state index contributed by atoms with van der Waals surface area (Å²) in [6.07, 6.45) is 6.80. The highest BCUT2D eigenvalue weighted by molar-refractivity contribution is 7.98. The summed E-state index contributed by atoms with van der Waals surface area (Å²) in [7, 11) is 0. The first-order valence-electron chi connectivity index (χ1n) is 6.05. The number of carboxylic acid groups (broad SMARTS) is 1. The Balaban J connectivity index is 2.19. The van der Waals surface area contributed by atoms with Gasteiger partial charge in [0.2, 0.25) is 0 Å². The third-order valence-electron chi connectivity index (χ3n) is 3.17. The molecule has 0 aromatic carbocycles. The summed E-state index contributed by atoms with van der Waals surface area (Å²) in [5, 5.41) is 9.88. The van der Waals surface area contributed by atoms with E-state index >= 15 is 0 Å². The highest BCUT2D eigenvalue weighted by Crippen LogP contribution is 2.26. The number of hydrogen-bond acceptors (Lipinski definition) is 5. The Labute approximate surface area is 111 Å². The summed E-state index contributed by atoms with van der Waals surface area (Å²) in [5.74, 6) is 0.103. The minimum Gasteiger partial charge on any atom is -0.481 e. The second kappa shape index (κ2) is 6.04. The smallest absolute Gasteiger partial charge is 0.305 e. The van der Waals surface area contributed by atoms with E-state index in [1.807, 2.05) is 12.3 Å². The van der Waals surface area contributed by atoms with Gasteiger partial charge in [0.05, 0.1) is 6.42 Å². The van der Waals surface area contributed by atoms with Crippen LogP contribution in [0.4, 0.5) is 5.82 Å². The highest BCUT2D eigenvalue weighted by atomic mass is 32.2. The van der Waals surface area contributed by atoms with Gasteiger partial charge in [-0.2, -0.15) is 0 Å². The van der Waals surface area contributed by atoms with E-state index in [1.165, 1.54) is 0 Å². The number of aliphatic carboxylic acids is 1. The minimum absolute atomic E-state index is 0.0563. The molecule has 18 heavy (non-hydrogen) atoms. The van der Waals surface area contributed by atoms with Gasteiger partial charge in [0.25, 0.3) is 0 Å². The van der Waals surface area contributed by atoms with Crippen LogP contribution in [0.15, 0.2) is 17.4 Å². The topological polar surface area (TPSA) is 66.3 Å². The SMILES string of the molecule is CSc1cc(N2CCCCC2CC(=O)O)ncn1. The summed E-state index contributed by atoms with van der Waals surface area (Å²) in [6.45, 7) is 0.878. The molecule has 1 N–H and O–H groups in total. The number of piperidine rings is 1. The lowest BCUT2D eigenvalue weighted by molar-refractivity contribution is -0.137. The highest BCUT2D eigenvalue weighted by Gasteiger charge is 2.25. The molecule has 0 amide bonds. The lowest BCUT2D eigenvalue weighted by atomic mass is 9.99. The van der Waals surface area contributed by atoms with Crippen LogP contribution >= 0.6 is 11.8 Å². The van der Waals surface area contributed by atoms with Crippen LogP contribution in [0.2, 0.25) is 0 Å². The number of carbonyl (C=O) groups is 1. The molecule has 1 aromatic rings. The lowest BCUT2D eigenvalue weighted by Crippen LogP contribution is -2.41. The molecule has 0 spiro atoms. The molecule has 2 rings (SSSR count). The van der Waals surface area contributed by atoms with Crippen LogP contribution in [0.1, 0.15) is 25.7 Å². The van der Waals surface area contributed by atoms with Gasteiger partial charge in [-0.05, 0) is 25.5 Å². The molecule has 5 nitrogen and oxygen atoms in total. The molecule has 1 atom stereocenters. The van der Waals surface area contributed by atoms with Gasteiger partial charge in [-0.3, -0.25) is 4.79 Å². The second-order valence-electron chi connectivity index (χ2n) is 4.36. The van der Waals surface area contributed by atoms with E-state index in [9.17, 15) is 4.79 Å². The van der Waals surface area contributed by atoms with Gasteiger partial charge in [0.1, 0.15) is 17.2 Å². The fraction of sp³-hybridized carbons (Fsp3) is 0.583. The molecule has 1 unspecified atom stereocenters. The van der Waals surface area contributed by atoms with Crippen molar-refractivity contribution in [3.8, 4) is 0 Å². The number of rotatable bonds is 4. The molecule has 1 aromatic heterocycles. The Hall–Kier alpha value is -1.30. The summed E-state index contributed by atoms with van der Waals surface area (Å²) < 4.78 is 0. The Morgan fingerprint density at radius 1 is 1.56 bits per heavy atom. The maximum absolute atomic E-state index is 10.9. The van der Waals surface area contributed by atoms with E-state index in [4.69, 9.17) is 5.11 Å². The van der Waals surface area contributed by atoms with Crippen LogP contribution in [0, 0.1) is 0 Å². The van der Waals surface area contributed by atoms with Crippen LogP contribution in [0.3, 0.4) is 0 Å². The Kier molecular flexibility index (Phi) is 4.41. The van der Waals surface area contributed by atoms with E-state index in [2.05, 4.69) is 14.9 Å². The number of carboxylic acids is 1. The van der Waals surface area contributed by atoms with Crippen molar-refractivity contribution in [2.24, 2.45) is 0 Å². The van der Waals surface area contributed by atoms with Gasteiger partial charge < -0.3 is 10.0 Å². The molecular formula is C12H17N3O2S. The first kappa shape index (κ1) is 13.1. The van der Waals surface area contributed by atoms with Crippen molar-refractivity contribution >= 4 is 23.5 Å². The van der Waals surface area contributed by atoms with Crippen molar-refractivity contribution in [3.63, 3.8) is 0 Å². The third-order valence-corrected chi connectivity index (χ3v) is 3.81. The van der Waals surface area contributed by atoms with E-state index in [0.717, 1.165) is 36.7 Å². The van der Waals surface area contributed by atoms with Gasteiger partial charge in [0, 0.05) is 18.7 Å². The molecule has 0 radical (unpaired) electrons. The number of thioether (sulfide) groups is 1. The Morgan fingerprint density at radius 3 is 3.11 bits per heavy atom. The largest absolute Gasteiger partial charge is 0.481 e. The monoisotopic (exact) mass is 267 g/mol. The zero-order chi connectivity index (χ0) is 13.0. The van der Waals surface area contributed by atoms with Crippen LogP contribution in [-0.4, -0.2) is 39.9 Å². The van der Waals surface area contributed by atoms with Crippen molar-refractivity contribution < 1.29 is 9.90 Å². The Bertz CT molecular complexity index is 428. The predicted molar refractivity (Wildman–Crippen MR) is 71.1 cm³/mol. The van der Waals surface area contributed by atoms with E-state index in [-0.39, 0.29) is 12.5 Å². The van der Waals surface area contributed by atoms with Gasteiger partial charge in [-0.1, -0.05) is 0 Å². The molecule has 0 saturated carbocycles. The lowest BCUT2D eigenvalue weighted by Gasteiger charge is -2.35. The average molecular weight is 267 g/mol. The molecule has 1 fully saturated rings. The third kappa shape index (κ3) is 3.13. The summed E-state index contributed by atoms with van der Waals surface area (Å²) in [4.78, 5) is 21.4. The van der Waals surface area contributed by atoms with E-state index < -0.39 is 5.97 Å². The van der Waals surface area contributed by atoms with Crippen molar-refractivity contribution in [1.82, 2.24) is 9.97 Å². The Morgan fingerprint density at radius 2 is 2.39 bits per heavy atom. The molecular weight excluding hydrogens is 250 g/mol. The molecule has 1 saturated heterocycles. The first-order valence-corrected chi connectivity index (χ1v) is 7.27. The number of aromatic nitrogens is 2. The van der Waals surface area contributed by atoms with Crippen molar-refractivity contribution in [1.29, 1.82) is 0 Å². The number of anilines is 1. The van der Waals surface area contributed by atoms with Crippen molar-refractivity contribution in [2.75, 3.05) is 17.7 Å². The molecule has 1 aliphatic heterocycles. The first-order chi connectivity index (χ1) is 8.70. The molecule has 6 heteroatoms. The zero-order valence-electron chi connectivity index (χ0n) is 10.4. The number of nitrogens with zero attached hydrogens (tertiary/aromatic N) is 3. The van der Waals surface area contributed by atoms with Crippen molar-refractivity contribution in [2.45, 2.75) is 36.8 Å². The molecule has 0 aliphatic carbocycles. The summed E-state index contributed by atoms with van der Waals surface area (Å²) in [6, 6.07) is 1.99. The predicted octanol–water partition coefficient (Wildman–Crippen LogP) is 2.03. The molecule has 0 bridgehead atoms. The zero-order valence-corrected chi connectivity index (χ0v) is 11.2. The summed E-state index contributed by atoms with van der Waals surface area (Å²) >= 11 is 1.57. The molecule has 2 heterocycles. The quantitative estimate of drug-likeness (QED) is 0.665. The van der Waals surface area contributed by atoms with Gasteiger partial charge >= 0.3 is 5.97 Å². The minimum atomic E-state index is -0.744. The second-order valence-corrected chi connectivity index (χ2v) is 5.19. The maximum atomic E-state index is 10.9. The van der Waals surface area contributed by atoms with Crippen LogP contribution in [0.5, 0.6) is 0 Å². The van der Waals surface area contributed by atoms with Gasteiger partial charge in [0.15, 0.2) is 0 Å². The van der Waals surface area contributed by atoms with Gasteiger partial charge in [-0.15, -0.1) is 11.8 Å². The summed E-state index contributed by atoms with van der Waals surface area (Å²) in [5.41, 5.74) is 0. The fourth-order valence-electron chi connectivity index (χ4n) is 2.31. The molecule has 98 valence electrons.